The van der Waals surface area contributed by atoms with Gasteiger partial charge in [-0.25, -0.2) is 0 Å². The Morgan fingerprint density at radius 2 is 1.81 bits per heavy atom. The molecule has 0 saturated heterocycles. The summed E-state index contributed by atoms with van der Waals surface area (Å²) in [5.74, 6) is 0.454. The van der Waals surface area contributed by atoms with Crippen LogP contribution in [0.4, 0.5) is 11.4 Å². The lowest BCUT2D eigenvalue weighted by Crippen LogP contribution is -2.52. The van der Waals surface area contributed by atoms with Crippen molar-refractivity contribution in [1.29, 1.82) is 0 Å². The minimum atomic E-state index is -0.724. The Labute approximate surface area is 154 Å². The molecule has 5 nitrogen and oxygen atoms in total. The molecule has 2 atom stereocenters. The van der Waals surface area contributed by atoms with Gasteiger partial charge in [0, 0.05) is 38.5 Å². The second-order valence-electron chi connectivity index (χ2n) is 6.93. The van der Waals surface area contributed by atoms with Crippen molar-refractivity contribution in [2.24, 2.45) is 0 Å². The Morgan fingerprint density at radius 3 is 2.38 bits per heavy atom. The first-order chi connectivity index (χ1) is 12.3. The van der Waals surface area contributed by atoms with Crippen molar-refractivity contribution in [3.05, 3.63) is 70.6 Å². The number of ketones is 1. The topological polar surface area (TPSA) is 52.6 Å². The van der Waals surface area contributed by atoms with Crippen molar-refractivity contribution >= 4 is 17.2 Å². The number of carbonyl (C=O) groups excluding carboxylic acids is 1. The Bertz CT molecular complexity index is 871. The third-order valence-corrected chi connectivity index (χ3v) is 4.88. The highest BCUT2D eigenvalue weighted by Gasteiger charge is 2.44. The number of hydroxylamine groups is 1. The van der Waals surface area contributed by atoms with Crippen LogP contribution in [0.5, 0.6) is 5.75 Å². The van der Waals surface area contributed by atoms with Crippen LogP contribution >= 0.6 is 0 Å². The first-order valence-corrected chi connectivity index (χ1v) is 8.57. The number of hydrogen-bond donors (Lipinski definition) is 0. The Kier molecular flexibility index (Phi) is 4.61. The number of rotatable bonds is 3. The number of fused-ring (bicyclic) bond motifs is 1. The van der Waals surface area contributed by atoms with Crippen molar-refractivity contribution in [2.75, 3.05) is 21.2 Å². The van der Waals surface area contributed by atoms with E-state index in [4.69, 9.17) is 4.74 Å². The van der Waals surface area contributed by atoms with Crippen molar-refractivity contribution in [1.82, 2.24) is 9.55 Å². The van der Waals surface area contributed by atoms with Gasteiger partial charge < -0.3 is 14.8 Å². The highest BCUT2D eigenvalue weighted by Crippen LogP contribution is 2.46. The van der Waals surface area contributed by atoms with Gasteiger partial charge in [0.15, 0.2) is 5.69 Å². The fourth-order valence-electron chi connectivity index (χ4n) is 3.43. The zero-order valence-electron chi connectivity index (χ0n) is 15.8. The zero-order chi connectivity index (χ0) is 19.1. The smallest absolute Gasteiger partial charge is 0.202 e. The normalized spacial score (nSPS) is 23.7. The molecule has 1 aliphatic heterocycles. The molecule has 1 aliphatic rings. The lowest BCUT2D eigenvalue weighted by atomic mass is 9.89. The lowest BCUT2D eigenvalue weighted by Gasteiger charge is -2.50. The molecule has 0 aromatic heterocycles. The van der Waals surface area contributed by atoms with Crippen molar-refractivity contribution in [2.45, 2.75) is 19.9 Å². The van der Waals surface area contributed by atoms with Gasteiger partial charge in [0.25, 0.3) is 0 Å². The van der Waals surface area contributed by atoms with Crippen LogP contribution in [0.15, 0.2) is 54.2 Å². The molecule has 0 spiro atoms. The molecule has 136 valence electrons. The Balaban J connectivity index is 2.32. The largest absolute Gasteiger partial charge is 0.621 e. The van der Waals surface area contributed by atoms with Crippen molar-refractivity contribution < 1.29 is 9.53 Å². The number of ether oxygens (including phenoxy) is 1. The molecule has 0 amide bonds. The summed E-state index contributed by atoms with van der Waals surface area (Å²) in [5, 5.41) is 14.3. The van der Waals surface area contributed by atoms with Crippen LogP contribution in [-0.2, 0) is 0 Å². The van der Waals surface area contributed by atoms with Gasteiger partial charge in [-0.15, -0.1) is 0 Å². The van der Waals surface area contributed by atoms with Gasteiger partial charge in [0.05, 0.1) is 18.2 Å². The van der Waals surface area contributed by atoms with Gasteiger partial charge in [0.2, 0.25) is 5.78 Å². The summed E-state index contributed by atoms with van der Waals surface area (Å²) in [6.45, 7) is 3.79. The van der Waals surface area contributed by atoms with Crippen LogP contribution in [-0.4, -0.2) is 37.9 Å². The van der Waals surface area contributed by atoms with E-state index in [-0.39, 0.29) is 5.78 Å². The summed E-state index contributed by atoms with van der Waals surface area (Å²) in [5.41, 5.74) is 3.02. The summed E-state index contributed by atoms with van der Waals surface area (Å²) in [4.78, 5) is 14.9. The van der Waals surface area contributed by atoms with Crippen LogP contribution in [0.3, 0.4) is 0 Å². The first kappa shape index (κ1) is 18.2. The van der Waals surface area contributed by atoms with Crippen molar-refractivity contribution in [3.63, 3.8) is 0 Å². The molecular formula is C21H24N2O3. The van der Waals surface area contributed by atoms with Gasteiger partial charge in [-0.05, 0) is 26.0 Å². The second-order valence-corrected chi connectivity index (χ2v) is 6.93. The van der Waals surface area contributed by atoms with E-state index in [0.717, 1.165) is 5.56 Å². The highest BCUT2D eigenvalue weighted by molar-refractivity contribution is 6.15. The van der Waals surface area contributed by atoms with Gasteiger partial charge in [-0.2, -0.15) is 0 Å². The molecule has 26 heavy (non-hydrogen) atoms. The summed E-state index contributed by atoms with van der Waals surface area (Å²) in [7, 11) is 5.25. The summed E-state index contributed by atoms with van der Waals surface area (Å²) < 4.78 is 4.58. The summed E-state index contributed by atoms with van der Waals surface area (Å²) in [6.07, 6.45) is 1.75. The fraction of sp³-hybridized carbons (Fsp3) is 0.286. The molecule has 5 heteroatoms. The van der Waals surface area contributed by atoms with Crippen molar-refractivity contribution in [3.8, 4) is 5.75 Å². The van der Waals surface area contributed by atoms with E-state index >= 15 is 0 Å². The standard InChI is InChI=1S/C21H24N2O3/c1-14-6-8-16(9-7-14)23(25)15(2)19(13-22(3)4)21(24)18-11-10-17(26-5)12-20(18)23/h6-13,15H,1-5H3/b19-13-. The molecule has 0 N–H and O–H groups in total. The predicted octanol–water partition coefficient (Wildman–Crippen LogP) is 4.17. The third kappa shape index (κ3) is 2.79. The number of hydrogen-bond acceptors (Lipinski definition) is 4. The maximum atomic E-state index is 14.3. The Hall–Kier alpha value is -2.63. The van der Waals surface area contributed by atoms with Crippen LogP contribution in [0.2, 0.25) is 0 Å². The first-order valence-electron chi connectivity index (χ1n) is 8.57. The quantitative estimate of drug-likeness (QED) is 0.473. The van der Waals surface area contributed by atoms with Crippen LogP contribution in [0.25, 0.3) is 0 Å². The minimum Gasteiger partial charge on any atom is -0.621 e. The number of nitrogens with zero attached hydrogens (tertiary/aromatic N) is 2. The monoisotopic (exact) mass is 352 g/mol. The molecule has 2 aromatic carbocycles. The molecule has 0 saturated carbocycles. The SMILES string of the molecule is COc1ccc2c(c1)[N+]([O-])(c1ccc(C)cc1)C(C)/C(=C/N(C)C)C2=O. The highest BCUT2D eigenvalue weighted by atomic mass is 16.6. The maximum absolute atomic E-state index is 14.3. The van der Waals surface area contributed by atoms with Gasteiger partial charge in [0.1, 0.15) is 17.5 Å². The molecule has 0 bridgehead atoms. The van der Waals surface area contributed by atoms with E-state index in [1.165, 1.54) is 0 Å². The number of methoxy groups -OCH3 is 1. The Morgan fingerprint density at radius 1 is 1.15 bits per heavy atom. The average molecular weight is 352 g/mol. The van der Waals surface area contributed by atoms with Gasteiger partial charge in [-0.3, -0.25) is 9.44 Å². The minimum absolute atomic E-state index is 0.111. The molecule has 3 rings (SSSR count). The van der Waals surface area contributed by atoms with E-state index in [0.29, 0.717) is 28.3 Å². The van der Waals surface area contributed by atoms with E-state index in [9.17, 15) is 10.0 Å². The maximum Gasteiger partial charge on any atom is 0.202 e. The summed E-state index contributed by atoms with van der Waals surface area (Å²) in [6, 6.07) is 12.0. The van der Waals surface area contributed by atoms with E-state index in [1.54, 1.807) is 36.4 Å². The number of benzene rings is 2. The number of aryl methyl sites for hydroxylation is 1. The third-order valence-electron chi connectivity index (χ3n) is 4.88. The number of Topliss-reactive ketones (excluding diaryl/α,β-unsaturated/α-hetero) is 1. The molecule has 0 aliphatic carbocycles. The average Bonchev–Trinajstić information content (AvgIpc) is 2.63. The zero-order valence-corrected chi connectivity index (χ0v) is 15.8. The number of carbonyl (C=O) groups is 1. The summed E-state index contributed by atoms with van der Waals surface area (Å²) >= 11 is 0. The fourth-order valence-corrected chi connectivity index (χ4v) is 3.43. The number of quaternary nitrogens is 1. The second kappa shape index (κ2) is 6.59. The van der Waals surface area contributed by atoms with E-state index in [2.05, 4.69) is 0 Å². The lowest BCUT2D eigenvalue weighted by molar-refractivity contribution is 0.100. The van der Waals surface area contributed by atoms with Gasteiger partial charge >= 0.3 is 0 Å². The van der Waals surface area contributed by atoms with Crippen LogP contribution in [0.1, 0.15) is 22.8 Å². The predicted molar refractivity (Wildman–Crippen MR) is 105 cm³/mol. The molecule has 2 unspecified atom stereocenters. The molecule has 1 heterocycles. The van der Waals surface area contributed by atoms with Crippen LogP contribution in [0, 0.1) is 12.1 Å². The molecule has 2 aromatic rings. The van der Waals surface area contributed by atoms with Crippen LogP contribution < -0.4 is 9.38 Å². The molecule has 0 fully saturated rings. The molecular weight excluding hydrogens is 328 g/mol. The van der Waals surface area contributed by atoms with Gasteiger partial charge in [-0.1, -0.05) is 17.7 Å². The molecule has 0 radical (unpaired) electrons. The van der Waals surface area contributed by atoms with E-state index < -0.39 is 10.7 Å². The van der Waals surface area contributed by atoms with E-state index in [1.807, 2.05) is 52.2 Å².